The average molecular weight is 456 g/mol. The molecule has 1 aliphatic heterocycles. The molecule has 1 heterocycles. The smallest absolute Gasteiger partial charge is 0.291 e. The van der Waals surface area contributed by atoms with E-state index < -0.39 is 5.37 Å². The van der Waals surface area contributed by atoms with Crippen LogP contribution in [0.5, 0.6) is 0 Å². The van der Waals surface area contributed by atoms with E-state index in [4.69, 9.17) is 0 Å². The Kier molecular flexibility index (Phi) is 5.08. The minimum absolute atomic E-state index is 0.217. The standard InChI is InChI=1S/C16H12Br2N2O2S/c17-11-3-1-10(2-4-11)9-20-15(21)14(23-16(20)22)19-13-7-5-12(18)6-8-13/h1-8,14,19H,9H2/t14-/m1/s1. The number of nitrogens with zero attached hydrogens (tertiary/aromatic N) is 1. The SMILES string of the molecule is O=C1S[C@@H](Nc2ccc(Br)cc2)C(=O)N1Cc1ccc(Br)cc1. The normalized spacial score (nSPS) is 17.7. The lowest BCUT2D eigenvalue weighted by molar-refractivity contribution is -0.126. The molecule has 118 valence electrons. The van der Waals surface area contributed by atoms with Crippen LogP contribution in [0.2, 0.25) is 0 Å². The maximum Gasteiger partial charge on any atom is 0.291 e. The Morgan fingerprint density at radius 1 is 0.957 bits per heavy atom. The summed E-state index contributed by atoms with van der Waals surface area (Å²) in [6.07, 6.45) is 0. The van der Waals surface area contributed by atoms with Crippen molar-refractivity contribution in [2.24, 2.45) is 0 Å². The molecule has 2 amide bonds. The number of hydrogen-bond donors (Lipinski definition) is 1. The summed E-state index contributed by atoms with van der Waals surface area (Å²) in [5, 5.41) is 2.28. The van der Waals surface area contributed by atoms with Gasteiger partial charge in [0.25, 0.3) is 11.1 Å². The number of halogens is 2. The van der Waals surface area contributed by atoms with Crippen molar-refractivity contribution >= 4 is 60.5 Å². The lowest BCUT2D eigenvalue weighted by Gasteiger charge is -2.15. The van der Waals surface area contributed by atoms with Crippen LogP contribution in [0.1, 0.15) is 5.56 Å². The molecule has 0 aromatic heterocycles. The average Bonchev–Trinajstić information content (AvgIpc) is 2.79. The van der Waals surface area contributed by atoms with Crippen molar-refractivity contribution in [2.45, 2.75) is 11.9 Å². The Labute approximate surface area is 154 Å². The quantitative estimate of drug-likeness (QED) is 0.716. The van der Waals surface area contributed by atoms with Crippen molar-refractivity contribution in [2.75, 3.05) is 5.32 Å². The minimum Gasteiger partial charge on any atom is -0.365 e. The number of imide groups is 1. The highest BCUT2D eigenvalue weighted by atomic mass is 79.9. The monoisotopic (exact) mass is 454 g/mol. The zero-order valence-electron chi connectivity index (χ0n) is 11.8. The summed E-state index contributed by atoms with van der Waals surface area (Å²) in [7, 11) is 0. The number of anilines is 1. The van der Waals surface area contributed by atoms with E-state index in [2.05, 4.69) is 37.2 Å². The third-order valence-electron chi connectivity index (χ3n) is 3.33. The number of nitrogens with one attached hydrogen (secondary N) is 1. The predicted molar refractivity (Wildman–Crippen MR) is 99.2 cm³/mol. The molecule has 0 unspecified atom stereocenters. The maximum atomic E-state index is 12.5. The van der Waals surface area contributed by atoms with Crippen LogP contribution in [0, 0.1) is 0 Å². The Balaban J connectivity index is 1.69. The largest absolute Gasteiger partial charge is 0.365 e. The topological polar surface area (TPSA) is 49.4 Å². The first kappa shape index (κ1) is 16.5. The number of rotatable bonds is 4. The van der Waals surface area contributed by atoms with Gasteiger partial charge in [0, 0.05) is 14.6 Å². The molecule has 4 nitrogen and oxygen atoms in total. The number of benzene rings is 2. The van der Waals surface area contributed by atoms with Gasteiger partial charge in [0.15, 0.2) is 5.37 Å². The number of amides is 2. The van der Waals surface area contributed by atoms with Crippen molar-refractivity contribution < 1.29 is 9.59 Å². The summed E-state index contributed by atoms with van der Waals surface area (Å²) in [6, 6.07) is 15.1. The van der Waals surface area contributed by atoms with Gasteiger partial charge in [-0.05, 0) is 53.7 Å². The van der Waals surface area contributed by atoms with Crippen molar-refractivity contribution in [1.82, 2.24) is 4.90 Å². The summed E-state index contributed by atoms with van der Waals surface area (Å²) in [6.45, 7) is 0.288. The molecule has 1 aliphatic rings. The summed E-state index contributed by atoms with van der Waals surface area (Å²) >= 11 is 7.74. The van der Waals surface area contributed by atoms with Crippen molar-refractivity contribution in [1.29, 1.82) is 0 Å². The lowest BCUT2D eigenvalue weighted by atomic mass is 10.2. The van der Waals surface area contributed by atoms with Gasteiger partial charge in [0.05, 0.1) is 6.54 Å². The van der Waals surface area contributed by atoms with Crippen LogP contribution in [0.15, 0.2) is 57.5 Å². The summed E-state index contributed by atoms with van der Waals surface area (Å²) in [5.41, 5.74) is 1.72. The second-order valence-electron chi connectivity index (χ2n) is 4.97. The molecule has 7 heteroatoms. The fourth-order valence-electron chi connectivity index (χ4n) is 2.15. The minimum atomic E-state index is -0.584. The first-order chi connectivity index (χ1) is 11.0. The summed E-state index contributed by atoms with van der Waals surface area (Å²) in [5.74, 6) is -0.217. The van der Waals surface area contributed by atoms with Gasteiger partial charge >= 0.3 is 0 Å². The van der Waals surface area contributed by atoms with Gasteiger partial charge in [-0.15, -0.1) is 0 Å². The zero-order valence-corrected chi connectivity index (χ0v) is 15.8. The predicted octanol–water partition coefficient (Wildman–Crippen LogP) is 4.85. The van der Waals surface area contributed by atoms with E-state index in [-0.39, 0.29) is 17.7 Å². The maximum absolute atomic E-state index is 12.5. The molecule has 2 aromatic carbocycles. The van der Waals surface area contributed by atoms with Crippen LogP contribution >= 0.6 is 43.6 Å². The third-order valence-corrected chi connectivity index (χ3v) is 5.36. The van der Waals surface area contributed by atoms with Crippen LogP contribution in [0.25, 0.3) is 0 Å². The third kappa shape index (κ3) is 3.97. The highest BCUT2D eigenvalue weighted by molar-refractivity contribution is 9.10. The molecule has 1 N–H and O–H groups in total. The number of hydrogen-bond acceptors (Lipinski definition) is 4. The van der Waals surface area contributed by atoms with Gasteiger partial charge in [-0.2, -0.15) is 0 Å². The van der Waals surface area contributed by atoms with Crippen LogP contribution in [-0.2, 0) is 11.3 Å². The molecule has 3 rings (SSSR count). The molecule has 0 radical (unpaired) electrons. The van der Waals surface area contributed by atoms with Crippen molar-refractivity contribution in [3.8, 4) is 0 Å². The van der Waals surface area contributed by atoms with E-state index in [0.717, 1.165) is 32.0 Å². The fourth-order valence-corrected chi connectivity index (χ4v) is 3.59. The van der Waals surface area contributed by atoms with Gasteiger partial charge in [-0.1, -0.05) is 44.0 Å². The van der Waals surface area contributed by atoms with Gasteiger partial charge in [-0.3, -0.25) is 14.5 Å². The zero-order chi connectivity index (χ0) is 16.4. The molecule has 1 fully saturated rings. The Morgan fingerprint density at radius 3 is 2.13 bits per heavy atom. The second kappa shape index (κ2) is 7.07. The van der Waals surface area contributed by atoms with Crippen molar-refractivity contribution in [3.63, 3.8) is 0 Å². The fraction of sp³-hybridized carbons (Fsp3) is 0.125. The second-order valence-corrected chi connectivity index (χ2v) is 7.85. The molecule has 1 atom stereocenters. The molecule has 0 spiro atoms. The molecule has 0 saturated carbocycles. The first-order valence-corrected chi connectivity index (χ1v) is 9.28. The van der Waals surface area contributed by atoms with E-state index in [1.807, 2.05) is 48.5 Å². The van der Waals surface area contributed by atoms with Crippen molar-refractivity contribution in [3.05, 3.63) is 63.0 Å². The molecule has 0 aliphatic carbocycles. The molecule has 23 heavy (non-hydrogen) atoms. The molecular formula is C16H12Br2N2O2S. The highest BCUT2D eigenvalue weighted by Crippen LogP contribution is 2.30. The van der Waals surface area contributed by atoms with E-state index >= 15 is 0 Å². The Hall–Kier alpha value is -1.31. The van der Waals surface area contributed by atoms with E-state index in [1.165, 1.54) is 4.90 Å². The van der Waals surface area contributed by atoms with E-state index in [9.17, 15) is 9.59 Å². The van der Waals surface area contributed by atoms with E-state index in [1.54, 1.807) is 0 Å². The van der Waals surface area contributed by atoms with Gasteiger partial charge in [-0.25, -0.2) is 0 Å². The summed E-state index contributed by atoms with van der Waals surface area (Å²) in [4.78, 5) is 25.9. The van der Waals surface area contributed by atoms with Gasteiger partial charge in [0.2, 0.25) is 0 Å². The van der Waals surface area contributed by atoms with Crippen LogP contribution in [0.4, 0.5) is 10.5 Å². The highest BCUT2D eigenvalue weighted by Gasteiger charge is 2.39. The lowest BCUT2D eigenvalue weighted by Crippen LogP contribution is -2.33. The van der Waals surface area contributed by atoms with Crippen LogP contribution in [-0.4, -0.2) is 21.4 Å². The molecule has 0 bridgehead atoms. The van der Waals surface area contributed by atoms with E-state index in [0.29, 0.717) is 0 Å². The number of carbonyl (C=O) groups excluding carboxylic acids is 2. The first-order valence-electron chi connectivity index (χ1n) is 6.81. The Bertz CT molecular complexity index is 735. The Morgan fingerprint density at radius 2 is 1.52 bits per heavy atom. The van der Waals surface area contributed by atoms with Gasteiger partial charge < -0.3 is 5.32 Å². The number of carbonyl (C=O) groups is 2. The van der Waals surface area contributed by atoms with Gasteiger partial charge in [0.1, 0.15) is 0 Å². The number of thioether (sulfide) groups is 1. The molecule has 1 saturated heterocycles. The molecular weight excluding hydrogens is 444 g/mol. The van der Waals surface area contributed by atoms with Crippen LogP contribution in [0.3, 0.4) is 0 Å². The molecule has 2 aromatic rings. The summed E-state index contributed by atoms with van der Waals surface area (Å²) < 4.78 is 1.92. The van der Waals surface area contributed by atoms with Crippen LogP contribution < -0.4 is 5.32 Å².